The first-order valence-electron chi connectivity index (χ1n) is 7.36. The van der Waals surface area contributed by atoms with Crippen LogP contribution in [-0.4, -0.2) is 39.4 Å². The van der Waals surface area contributed by atoms with E-state index in [1.165, 1.54) is 5.56 Å². The maximum absolute atomic E-state index is 13.5. The molecule has 3 nitrogen and oxygen atoms in total. The molecular weight excluding hydrogens is 255 g/mol. The lowest BCUT2D eigenvalue weighted by Gasteiger charge is -2.30. The summed E-state index contributed by atoms with van der Waals surface area (Å²) in [5.41, 5.74) is 2.26. The lowest BCUT2D eigenvalue weighted by atomic mass is 10.1. The van der Waals surface area contributed by atoms with Crippen LogP contribution in [0.15, 0.2) is 18.2 Å². The van der Waals surface area contributed by atoms with Gasteiger partial charge in [-0.2, -0.15) is 0 Å². The van der Waals surface area contributed by atoms with E-state index in [0.29, 0.717) is 12.5 Å². The minimum Gasteiger partial charge on any atom is -0.383 e. The molecule has 1 aromatic rings. The van der Waals surface area contributed by atoms with Crippen LogP contribution in [0.5, 0.6) is 0 Å². The molecule has 0 aliphatic carbocycles. The summed E-state index contributed by atoms with van der Waals surface area (Å²) < 4.78 is 18.8. The van der Waals surface area contributed by atoms with Gasteiger partial charge in [-0.3, -0.25) is 0 Å². The fourth-order valence-corrected chi connectivity index (χ4v) is 2.75. The van der Waals surface area contributed by atoms with E-state index < -0.39 is 0 Å². The number of fused-ring (bicyclic) bond motifs is 1. The second kappa shape index (κ2) is 7.04. The van der Waals surface area contributed by atoms with Crippen LogP contribution in [0, 0.1) is 11.7 Å². The minimum absolute atomic E-state index is 0.165. The number of benzene rings is 1. The molecule has 20 heavy (non-hydrogen) atoms. The zero-order valence-electron chi connectivity index (χ0n) is 12.7. The summed E-state index contributed by atoms with van der Waals surface area (Å²) in [7, 11) is 1.72. The highest BCUT2D eigenvalue weighted by Crippen LogP contribution is 2.30. The number of nitrogens with one attached hydrogen (secondary N) is 1. The fraction of sp³-hybridized carbons (Fsp3) is 0.625. The Balaban J connectivity index is 2.05. The number of methoxy groups -OCH3 is 1. The average Bonchev–Trinajstić information content (AvgIpc) is 2.80. The van der Waals surface area contributed by atoms with E-state index in [0.717, 1.165) is 31.7 Å². The maximum atomic E-state index is 13.5. The lowest BCUT2D eigenvalue weighted by molar-refractivity contribution is 0.175. The van der Waals surface area contributed by atoms with Gasteiger partial charge in [-0.1, -0.05) is 19.9 Å². The van der Waals surface area contributed by atoms with Crippen LogP contribution in [0.1, 0.15) is 19.4 Å². The Kier molecular flexibility index (Phi) is 5.38. The predicted molar refractivity (Wildman–Crippen MR) is 80.8 cm³/mol. The van der Waals surface area contributed by atoms with Crippen LogP contribution >= 0.6 is 0 Å². The first-order valence-corrected chi connectivity index (χ1v) is 7.36. The molecule has 0 aromatic heterocycles. The van der Waals surface area contributed by atoms with Crippen LogP contribution in [0.2, 0.25) is 0 Å². The Morgan fingerprint density at radius 1 is 1.35 bits per heavy atom. The highest BCUT2D eigenvalue weighted by atomic mass is 19.1. The first-order chi connectivity index (χ1) is 9.61. The van der Waals surface area contributed by atoms with Gasteiger partial charge < -0.3 is 15.0 Å². The molecule has 0 radical (unpaired) electrons. The normalized spacial score (nSPS) is 15.8. The van der Waals surface area contributed by atoms with Crippen molar-refractivity contribution in [2.45, 2.75) is 26.3 Å². The molecule has 2 rings (SSSR count). The Bertz CT molecular complexity index is 436. The Morgan fingerprint density at radius 3 is 2.85 bits per heavy atom. The topological polar surface area (TPSA) is 24.5 Å². The van der Waals surface area contributed by atoms with Crippen molar-refractivity contribution in [3.63, 3.8) is 0 Å². The lowest BCUT2D eigenvalue weighted by Crippen LogP contribution is -2.45. The molecule has 1 N–H and O–H groups in total. The van der Waals surface area contributed by atoms with Gasteiger partial charge in [0.2, 0.25) is 0 Å². The summed E-state index contributed by atoms with van der Waals surface area (Å²) in [6.45, 7) is 7.83. The van der Waals surface area contributed by atoms with Crippen LogP contribution < -0.4 is 10.2 Å². The van der Waals surface area contributed by atoms with Crippen molar-refractivity contribution >= 4 is 5.69 Å². The predicted octanol–water partition coefficient (Wildman–Crippen LogP) is 2.45. The van der Waals surface area contributed by atoms with Crippen molar-refractivity contribution in [3.8, 4) is 0 Å². The van der Waals surface area contributed by atoms with Crippen molar-refractivity contribution in [2.24, 2.45) is 5.92 Å². The molecule has 0 amide bonds. The number of anilines is 1. The number of rotatable bonds is 7. The zero-order chi connectivity index (χ0) is 14.5. The SMILES string of the molecule is COCC(CNCC(C)C)N1CCc2ccc(F)cc21. The quantitative estimate of drug-likeness (QED) is 0.830. The summed E-state index contributed by atoms with van der Waals surface area (Å²) in [5.74, 6) is 0.462. The highest BCUT2D eigenvalue weighted by molar-refractivity contribution is 5.59. The van der Waals surface area contributed by atoms with E-state index in [1.54, 1.807) is 19.2 Å². The highest BCUT2D eigenvalue weighted by Gasteiger charge is 2.26. The van der Waals surface area contributed by atoms with E-state index in [4.69, 9.17) is 4.74 Å². The van der Waals surface area contributed by atoms with Crippen molar-refractivity contribution in [3.05, 3.63) is 29.6 Å². The van der Waals surface area contributed by atoms with Gasteiger partial charge in [-0.05, 0) is 36.6 Å². The van der Waals surface area contributed by atoms with E-state index in [9.17, 15) is 4.39 Å². The molecule has 112 valence electrons. The Labute approximate surface area is 121 Å². The maximum Gasteiger partial charge on any atom is 0.125 e. The molecule has 1 aromatic carbocycles. The second-order valence-electron chi connectivity index (χ2n) is 5.88. The molecule has 1 aliphatic rings. The van der Waals surface area contributed by atoms with Gasteiger partial charge in [-0.25, -0.2) is 4.39 Å². The molecular formula is C16H25FN2O. The number of ether oxygens (including phenoxy) is 1. The van der Waals surface area contributed by atoms with E-state index in [1.807, 2.05) is 6.07 Å². The van der Waals surface area contributed by atoms with Gasteiger partial charge in [0.05, 0.1) is 12.6 Å². The second-order valence-corrected chi connectivity index (χ2v) is 5.88. The van der Waals surface area contributed by atoms with Gasteiger partial charge in [0.15, 0.2) is 0 Å². The zero-order valence-corrected chi connectivity index (χ0v) is 12.7. The Morgan fingerprint density at radius 2 is 2.15 bits per heavy atom. The minimum atomic E-state index is -0.165. The summed E-state index contributed by atoms with van der Waals surface area (Å²) >= 11 is 0. The monoisotopic (exact) mass is 280 g/mol. The molecule has 1 unspecified atom stereocenters. The van der Waals surface area contributed by atoms with Gasteiger partial charge >= 0.3 is 0 Å². The van der Waals surface area contributed by atoms with Crippen molar-refractivity contribution in [2.75, 3.05) is 38.3 Å². The molecule has 1 aliphatic heterocycles. The summed E-state index contributed by atoms with van der Waals surface area (Å²) in [6, 6.07) is 5.34. The summed E-state index contributed by atoms with van der Waals surface area (Å²) in [5, 5.41) is 3.48. The summed E-state index contributed by atoms with van der Waals surface area (Å²) in [6.07, 6.45) is 0.986. The molecule has 0 bridgehead atoms. The van der Waals surface area contributed by atoms with Gasteiger partial charge in [0, 0.05) is 25.9 Å². The van der Waals surface area contributed by atoms with Gasteiger partial charge in [0.25, 0.3) is 0 Å². The van der Waals surface area contributed by atoms with E-state index in [2.05, 4.69) is 24.1 Å². The molecule has 0 saturated carbocycles. The first kappa shape index (κ1) is 15.3. The van der Waals surface area contributed by atoms with Crippen molar-refractivity contribution in [1.82, 2.24) is 5.32 Å². The van der Waals surface area contributed by atoms with Crippen LogP contribution in [-0.2, 0) is 11.2 Å². The van der Waals surface area contributed by atoms with Crippen molar-refractivity contribution < 1.29 is 9.13 Å². The van der Waals surface area contributed by atoms with Crippen molar-refractivity contribution in [1.29, 1.82) is 0 Å². The number of hydrogen-bond acceptors (Lipinski definition) is 3. The molecule has 1 atom stereocenters. The number of nitrogens with zero attached hydrogens (tertiary/aromatic N) is 1. The third-order valence-corrected chi connectivity index (χ3v) is 3.71. The fourth-order valence-electron chi connectivity index (χ4n) is 2.75. The van der Waals surface area contributed by atoms with Crippen LogP contribution in [0.4, 0.5) is 10.1 Å². The van der Waals surface area contributed by atoms with Gasteiger partial charge in [-0.15, -0.1) is 0 Å². The molecule has 4 heteroatoms. The largest absolute Gasteiger partial charge is 0.383 e. The average molecular weight is 280 g/mol. The van der Waals surface area contributed by atoms with Gasteiger partial charge in [0.1, 0.15) is 5.82 Å². The van der Waals surface area contributed by atoms with Crippen LogP contribution in [0.3, 0.4) is 0 Å². The Hall–Kier alpha value is -1.13. The van der Waals surface area contributed by atoms with E-state index in [-0.39, 0.29) is 11.9 Å². The molecule has 0 fully saturated rings. The molecule has 0 saturated heterocycles. The standard InChI is InChI=1S/C16H25FN2O/c1-12(2)9-18-10-15(11-20-3)19-7-6-13-4-5-14(17)8-16(13)19/h4-5,8,12,15,18H,6-7,9-11H2,1-3H3. The third-order valence-electron chi connectivity index (χ3n) is 3.71. The van der Waals surface area contributed by atoms with Crippen LogP contribution in [0.25, 0.3) is 0 Å². The van der Waals surface area contributed by atoms with E-state index >= 15 is 0 Å². The number of hydrogen-bond donors (Lipinski definition) is 1. The molecule has 1 heterocycles. The molecule has 0 spiro atoms. The number of halogens is 1. The smallest absolute Gasteiger partial charge is 0.125 e. The third kappa shape index (κ3) is 3.70. The summed E-state index contributed by atoms with van der Waals surface area (Å²) in [4.78, 5) is 2.27.